The second kappa shape index (κ2) is 8.31. The molecule has 0 radical (unpaired) electrons. The van der Waals surface area contributed by atoms with Gasteiger partial charge in [0.1, 0.15) is 0 Å². The summed E-state index contributed by atoms with van der Waals surface area (Å²) in [7, 11) is 0. The van der Waals surface area contributed by atoms with Gasteiger partial charge in [-0.2, -0.15) is 0 Å². The van der Waals surface area contributed by atoms with Crippen molar-refractivity contribution in [2.45, 2.75) is 39.3 Å². The fourth-order valence-electron chi connectivity index (χ4n) is 1.65. The SMILES string of the molecule is CCCNC(COC(C)C)c1cc(Br)ccc1Br. The quantitative estimate of drug-likeness (QED) is 0.743. The van der Waals surface area contributed by atoms with Crippen LogP contribution in [0.1, 0.15) is 38.8 Å². The number of ether oxygens (including phenoxy) is 1. The van der Waals surface area contributed by atoms with E-state index in [-0.39, 0.29) is 12.1 Å². The minimum atomic E-state index is 0.222. The lowest BCUT2D eigenvalue weighted by Crippen LogP contribution is -2.27. The Morgan fingerprint density at radius 2 is 2.00 bits per heavy atom. The number of hydrogen-bond donors (Lipinski definition) is 1. The van der Waals surface area contributed by atoms with Crippen molar-refractivity contribution in [2.24, 2.45) is 0 Å². The first kappa shape index (κ1) is 16.2. The molecule has 1 aromatic rings. The van der Waals surface area contributed by atoms with E-state index < -0.39 is 0 Å². The van der Waals surface area contributed by atoms with Gasteiger partial charge in [0.05, 0.1) is 18.8 Å². The summed E-state index contributed by atoms with van der Waals surface area (Å²) >= 11 is 7.14. The molecule has 1 atom stereocenters. The summed E-state index contributed by atoms with van der Waals surface area (Å²) in [5, 5.41) is 3.53. The number of rotatable bonds is 7. The van der Waals surface area contributed by atoms with Crippen molar-refractivity contribution in [3.8, 4) is 0 Å². The van der Waals surface area contributed by atoms with Gasteiger partial charge in [0, 0.05) is 8.95 Å². The average molecular weight is 379 g/mol. The Labute approximate surface area is 127 Å². The smallest absolute Gasteiger partial charge is 0.0665 e. The van der Waals surface area contributed by atoms with Crippen LogP contribution in [0.5, 0.6) is 0 Å². The molecule has 0 aliphatic carbocycles. The van der Waals surface area contributed by atoms with Crippen molar-refractivity contribution < 1.29 is 4.74 Å². The Balaban J connectivity index is 2.82. The minimum absolute atomic E-state index is 0.222. The van der Waals surface area contributed by atoms with Crippen molar-refractivity contribution in [1.82, 2.24) is 5.32 Å². The van der Waals surface area contributed by atoms with Crippen molar-refractivity contribution in [1.29, 1.82) is 0 Å². The third kappa shape index (κ3) is 5.39. The summed E-state index contributed by atoms with van der Waals surface area (Å²) < 4.78 is 7.96. The molecule has 1 N–H and O–H groups in total. The van der Waals surface area contributed by atoms with Crippen molar-refractivity contribution in [2.75, 3.05) is 13.2 Å². The molecule has 1 unspecified atom stereocenters. The molecule has 0 spiro atoms. The van der Waals surface area contributed by atoms with Crippen LogP contribution in [0.2, 0.25) is 0 Å². The van der Waals surface area contributed by atoms with Crippen LogP contribution < -0.4 is 5.32 Å². The Morgan fingerprint density at radius 1 is 1.28 bits per heavy atom. The van der Waals surface area contributed by atoms with E-state index in [0.717, 1.165) is 21.9 Å². The maximum atomic E-state index is 5.75. The van der Waals surface area contributed by atoms with Crippen LogP contribution in [-0.4, -0.2) is 19.3 Å². The van der Waals surface area contributed by atoms with Crippen LogP contribution in [0.15, 0.2) is 27.1 Å². The number of halogens is 2. The highest BCUT2D eigenvalue weighted by Gasteiger charge is 2.15. The second-order valence-electron chi connectivity index (χ2n) is 4.55. The van der Waals surface area contributed by atoms with E-state index in [4.69, 9.17) is 4.74 Å². The van der Waals surface area contributed by atoms with Gasteiger partial charge in [-0.25, -0.2) is 0 Å². The zero-order chi connectivity index (χ0) is 13.5. The van der Waals surface area contributed by atoms with E-state index in [1.807, 2.05) is 6.07 Å². The van der Waals surface area contributed by atoms with Crippen molar-refractivity contribution in [3.05, 3.63) is 32.7 Å². The lowest BCUT2D eigenvalue weighted by molar-refractivity contribution is 0.0610. The molecular formula is C14H21Br2NO. The van der Waals surface area contributed by atoms with Gasteiger partial charge in [-0.05, 0) is 50.6 Å². The fourth-order valence-corrected chi connectivity index (χ4v) is 2.55. The summed E-state index contributed by atoms with van der Waals surface area (Å²) in [6, 6.07) is 6.46. The summed E-state index contributed by atoms with van der Waals surface area (Å²) in [6.45, 7) is 7.97. The first-order valence-electron chi connectivity index (χ1n) is 6.34. The van der Waals surface area contributed by atoms with Gasteiger partial charge in [0.2, 0.25) is 0 Å². The van der Waals surface area contributed by atoms with Crippen LogP contribution >= 0.6 is 31.9 Å². The molecule has 0 aromatic heterocycles. The predicted octanol–water partition coefficient (Wildman–Crippen LogP) is 4.68. The Hall–Kier alpha value is 0.1000. The van der Waals surface area contributed by atoms with Crippen LogP contribution in [0.4, 0.5) is 0 Å². The molecule has 0 saturated carbocycles. The van der Waals surface area contributed by atoms with E-state index in [2.05, 4.69) is 70.1 Å². The molecule has 4 heteroatoms. The maximum absolute atomic E-state index is 5.75. The van der Waals surface area contributed by atoms with E-state index in [1.165, 1.54) is 5.56 Å². The molecule has 0 aliphatic heterocycles. The third-order valence-corrected chi connectivity index (χ3v) is 3.79. The van der Waals surface area contributed by atoms with Gasteiger partial charge >= 0.3 is 0 Å². The van der Waals surface area contributed by atoms with Gasteiger partial charge in [0.15, 0.2) is 0 Å². The largest absolute Gasteiger partial charge is 0.377 e. The molecule has 0 heterocycles. The molecule has 0 saturated heterocycles. The molecule has 102 valence electrons. The normalized spacial score (nSPS) is 13.0. The average Bonchev–Trinajstić information content (AvgIpc) is 2.32. The van der Waals surface area contributed by atoms with E-state index in [9.17, 15) is 0 Å². The van der Waals surface area contributed by atoms with Crippen LogP contribution in [0.3, 0.4) is 0 Å². The Bertz CT molecular complexity index is 369. The summed E-state index contributed by atoms with van der Waals surface area (Å²) in [5.41, 5.74) is 1.23. The second-order valence-corrected chi connectivity index (χ2v) is 6.32. The number of hydrogen-bond acceptors (Lipinski definition) is 2. The number of nitrogens with one attached hydrogen (secondary N) is 1. The Kier molecular flexibility index (Phi) is 7.46. The van der Waals surface area contributed by atoms with Gasteiger partial charge in [-0.1, -0.05) is 38.8 Å². The molecule has 2 nitrogen and oxygen atoms in total. The van der Waals surface area contributed by atoms with E-state index in [1.54, 1.807) is 0 Å². The molecule has 0 aliphatic rings. The zero-order valence-corrected chi connectivity index (χ0v) is 14.3. The third-order valence-electron chi connectivity index (χ3n) is 2.57. The summed E-state index contributed by atoms with van der Waals surface area (Å²) in [6.07, 6.45) is 1.37. The van der Waals surface area contributed by atoms with E-state index >= 15 is 0 Å². The van der Waals surface area contributed by atoms with Crippen LogP contribution in [0.25, 0.3) is 0 Å². The maximum Gasteiger partial charge on any atom is 0.0665 e. The lowest BCUT2D eigenvalue weighted by atomic mass is 10.1. The standard InChI is InChI=1S/C14H21Br2NO/c1-4-7-17-14(9-18-10(2)3)12-8-11(15)5-6-13(12)16/h5-6,8,10,14,17H,4,7,9H2,1-3H3. The summed E-state index contributed by atoms with van der Waals surface area (Å²) in [4.78, 5) is 0. The summed E-state index contributed by atoms with van der Waals surface area (Å²) in [5.74, 6) is 0. The highest BCUT2D eigenvalue weighted by Crippen LogP contribution is 2.27. The van der Waals surface area contributed by atoms with E-state index in [0.29, 0.717) is 6.61 Å². The van der Waals surface area contributed by atoms with Gasteiger partial charge < -0.3 is 10.1 Å². The predicted molar refractivity (Wildman–Crippen MR) is 84.0 cm³/mol. The van der Waals surface area contributed by atoms with Crippen LogP contribution in [0, 0.1) is 0 Å². The first-order valence-corrected chi connectivity index (χ1v) is 7.93. The molecular weight excluding hydrogens is 358 g/mol. The lowest BCUT2D eigenvalue weighted by Gasteiger charge is -2.22. The van der Waals surface area contributed by atoms with Crippen molar-refractivity contribution in [3.63, 3.8) is 0 Å². The first-order chi connectivity index (χ1) is 8.54. The highest BCUT2D eigenvalue weighted by atomic mass is 79.9. The molecule has 0 bridgehead atoms. The highest BCUT2D eigenvalue weighted by molar-refractivity contribution is 9.11. The van der Waals surface area contributed by atoms with Gasteiger partial charge in [-0.3, -0.25) is 0 Å². The fraction of sp³-hybridized carbons (Fsp3) is 0.571. The van der Waals surface area contributed by atoms with Gasteiger partial charge in [-0.15, -0.1) is 0 Å². The van der Waals surface area contributed by atoms with Gasteiger partial charge in [0.25, 0.3) is 0 Å². The number of benzene rings is 1. The Morgan fingerprint density at radius 3 is 2.61 bits per heavy atom. The molecule has 1 rings (SSSR count). The topological polar surface area (TPSA) is 21.3 Å². The monoisotopic (exact) mass is 377 g/mol. The molecule has 18 heavy (non-hydrogen) atoms. The molecule has 0 amide bonds. The van der Waals surface area contributed by atoms with Crippen molar-refractivity contribution >= 4 is 31.9 Å². The minimum Gasteiger partial charge on any atom is -0.377 e. The molecule has 0 fully saturated rings. The molecule has 1 aromatic carbocycles. The van der Waals surface area contributed by atoms with Crippen LogP contribution in [-0.2, 0) is 4.74 Å². The zero-order valence-electron chi connectivity index (χ0n) is 11.2.